The number of benzene rings is 1. The second-order valence-electron chi connectivity index (χ2n) is 16.6. The highest BCUT2D eigenvalue weighted by atomic mass is 32.2. The maximum atomic E-state index is 14.8. The molecule has 1 aliphatic heterocycles. The van der Waals surface area contributed by atoms with E-state index >= 15 is 0 Å². The summed E-state index contributed by atoms with van der Waals surface area (Å²) in [6.45, 7) is 17.4. The van der Waals surface area contributed by atoms with Crippen LogP contribution in [0.25, 0.3) is 0 Å². The number of carbonyl (C=O) groups excluding carboxylic acids is 5. The van der Waals surface area contributed by atoms with Gasteiger partial charge in [0.05, 0.1) is 11.8 Å². The Bertz CT molecular complexity index is 1650. The molecule has 5 amide bonds. The molecule has 1 aromatic carbocycles. The van der Waals surface area contributed by atoms with Crippen LogP contribution in [0.4, 0.5) is 4.79 Å². The lowest BCUT2D eigenvalue weighted by atomic mass is 9.86. The second kappa shape index (κ2) is 16.7. The molecule has 1 saturated heterocycles. The molecule has 53 heavy (non-hydrogen) atoms. The van der Waals surface area contributed by atoms with Crippen molar-refractivity contribution in [3.05, 3.63) is 48.0 Å². The number of ketones is 1. The minimum absolute atomic E-state index is 0.0386. The molecule has 4 N–H and O–H groups in total. The van der Waals surface area contributed by atoms with Crippen molar-refractivity contribution in [3.8, 4) is 0 Å². The Morgan fingerprint density at radius 2 is 1.66 bits per heavy atom. The summed E-state index contributed by atoms with van der Waals surface area (Å²) >= 11 is 0. The van der Waals surface area contributed by atoms with Crippen molar-refractivity contribution in [2.45, 2.75) is 105 Å². The number of hydrogen-bond acceptors (Lipinski definition) is 7. The molecule has 0 spiro atoms. The number of carbonyl (C=O) groups is 5. The number of unbranched alkanes of at least 4 members (excludes halogenated alkanes) is 1. The van der Waals surface area contributed by atoms with Crippen LogP contribution in [0, 0.1) is 28.6 Å². The van der Waals surface area contributed by atoms with Crippen molar-refractivity contribution in [2.75, 3.05) is 32.4 Å². The molecule has 2 aliphatic carbocycles. The van der Waals surface area contributed by atoms with Crippen LogP contribution in [0.3, 0.4) is 0 Å². The highest BCUT2D eigenvalue weighted by Gasteiger charge is 2.69. The molecular weight excluding hydrogens is 697 g/mol. The molecule has 13 nitrogen and oxygen atoms in total. The van der Waals surface area contributed by atoms with Crippen LogP contribution in [-0.2, 0) is 42.0 Å². The summed E-state index contributed by atoms with van der Waals surface area (Å²) in [6.07, 6.45) is 4.19. The lowest BCUT2D eigenvalue weighted by Crippen LogP contribution is -2.61. The average Bonchev–Trinajstić information content (AvgIpc) is 3.46. The highest BCUT2D eigenvalue weighted by Crippen LogP contribution is 2.65. The molecule has 4 rings (SSSR count). The van der Waals surface area contributed by atoms with Gasteiger partial charge in [-0.2, -0.15) is 0 Å². The predicted molar refractivity (Wildman–Crippen MR) is 204 cm³/mol. The summed E-state index contributed by atoms with van der Waals surface area (Å²) in [6, 6.07) is 3.75. The van der Waals surface area contributed by atoms with Crippen LogP contribution in [-0.4, -0.2) is 104 Å². The van der Waals surface area contributed by atoms with Gasteiger partial charge in [0.25, 0.3) is 5.91 Å². The molecule has 0 aromatic heterocycles. The van der Waals surface area contributed by atoms with Crippen molar-refractivity contribution >= 4 is 39.6 Å². The van der Waals surface area contributed by atoms with Crippen molar-refractivity contribution in [1.29, 1.82) is 0 Å². The summed E-state index contributed by atoms with van der Waals surface area (Å²) < 4.78 is 26.5. The Hall–Kier alpha value is -3.78. The van der Waals surface area contributed by atoms with Gasteiger partial charge in [0.1, 0.15) is 12.1 Å². The van der Waals surface area contributed by atoms with Crippen LogP contribution >= 0.6 is 0 Å². The SMILES string of the molecule is C=CCNC(=O)C(=O)C(CCCC)NC(=O)[C@@H]1C2[C@H](CN1C(=O)[C@@H](NC(=O)N[C@H](CN(C)S(=O)(=O)CC)C(C)(C)C)C1Cc3ccccc3C1)C2(C)C. The fourth-order valence-corrected chi connectivity index (χ4v) is 8.83. The zero-order chi connectivity index (χ0) is 39.5. The summed E-state index contributed by atoms with van der Waals surface area (Å²) in [7, 11) is -2.03. The smallest absolute Gasteiger partial charge is 0.315 e. The number of hydrogen-bond donors (Lipinski definition) is 4. The minimum Gasteiger partial charge on any atom is -0.346 e. The van der Waals surface area contributed by atoms with E-state index in [1.807, 2.05) is 52.0 Å². The number of urea groups is 1. The van der Waals surface area contributed by atoms with Crippen LogP contribution in [0.15, 0.2) is 36.9 Å². The number of likely N-dealkylation sites (tertiary alicyclic amines) is 1. The van der Waals surface area contributed by atoms with Gasteiger partial charge in [-0.15, -0.1) is 6.58 Å². The summed E-state index contributed by atoms with van der Waals surface area (Å²) in [5.74, 6) is -2.94. The fraction of sp³-hybridized carbons (Fsp3) is 0.667. The maximum Gasteiger partial charge on any atom is 0.315 e. The van der Waals surface area contributed by atoms with E-state index in [1.54, 1.807) is 11.8 Å². The molecule has 2 fully saturated rings. The predicted octanol–water partition coefficient (Wildman–Crippen LogP) is 2.79. The largest absolute Gasteiger partial charge is 0.346 e. The van der Waals surface area contributed by atoms with E-state index in [0.29, 0.717) is 25.8 Å². The van der Waals surface area contributed by atoms with E-state index in [9.17, 15) is 32.4 Å². The molecule has 0 radical (unpaired) electrons. The lowest BCUT2D eigenvalue weighted by molar-refractivity contribution is -0.144. The van der Waals surface area contributed by atoms with E-state index < -0.39 is 63.2 Å². The van der Waals surface area contributed by atoms with E-state index in [0.717, 1.165) is 17.5 Å². The normalized spacial score (nSPS) is 22.2. The Kier molecular flexibility index (Phi) is 13.2. The first-order valence-electron chi connectivity index (χ1n) is 18.9. The topological polar surface area (TPSA) is 174 Å². The third-order valence-corrected chi connectivity index (χ3v) is 13.4. The van der Waals surface area contributed by atoms with Crippen molar-refractivity contribution < 1.29 is 32.4 Å². The number of likely N-dealkylation sites (N-methyl/N-ethyl adjacent to an activating group) is 1. The van der Waals surface area contributed by atoms with Gasteiger partial charge in [0.2, 0.25) is 27.6 Å². The Balaban J connectivity index is 1.62. The second-order valence-corrected chi connectivity index (χ2v) is 19.0. The van der Waals surface area contributed by atoms with Gasteiger partial charge in [0.15, 0.2) is 0 Å². The van der Waals surface area contributed by atoms with Gasteiger partial charge in [-0.05, 0) is 65.9 Å². The lowest BCUT2D eigenvalue weighted by Gasteiger charge is -2.37. The number of sulfonamides is 1. The zero-order valence-electron chi connectivity index (χ0n) is 32.7. The quantitative estimate of drug-likeness (QED) is 0.140. The molecule has 1 saturated carbocycles. The van der Waals surface area contributed by atoms with Crippen LogP contribution in [0.1, 0.15) is 78.9 Å². The molecule has 1 aromatic rings. The minimum atomic E-state index is -3.52. The first-order valence-corrected chi connectivity index (χ1v) is 20.5. The highest BCUT2D eigenvalue weighted by molar-refractivity contribution is 7.89. The Morgan fingerprint density at radius 3 is 2.21 bits per heavy atom. The molecule has 0 bridgehead atoms. The molecular formula is C39H60N6O7S. The molecule has 14 heteroatoms. The Morgan fingerprint density at radius 1 is 1.04 bits per heavy atom. The fourth-order valence-electron chi connectivity index (χ4n) is 8.01. The molecule has 294 valence electrons. The monoisotopic (exact) mass is 756 g/mol. The van der Waals surface area contributed by atoms with Crippen molar-refractivity contribution in [3.63, 3.8) is 0 Å². The number of rotatable bonds is 17. The molecule has 1 heterocycles. The van der Waals surface area contributed by atoms with Gasteiger partial charge in [-0.1, -0.05) is 84.7 Å². The Labute approximate surface area is 315 Å². The van der Waals surface area contributed by atoms with E-state index in [2.05, 4.69) is 41.7 Å². The van der Waals surface area contributed by atoms with Crippen LogP contribution in [0.5, 0.6) is 0 Å². The third kappa shape index (κ3) is 9.48. The molecule has 6 atom stereocenters. The number of fused-ring (bicyclic) bond motifs is 2. The van der Waals surface area contributed by atoms with Crippen molar-refractivity contribution in [2.24, 2.45) is 28.6 Å². The van der Waals surface area contributed by atoms with Crippen LogP contribution in [0.2, 0.25) is 0 Å². The van der Waals surface area contributed by atoms with Gasteiger partial charge >= 0.3 is 6.03 Å². The standard InChI is InChI=1S/C39H60N6O7S/c1-10-13-18-28(33(46)35(48)40-19-11-2)41-34(47)32-30-27(39(30,7)8)22-45(32)36(49)31(26-20-24-16-14-15-17-25(24)21-26)43-37(50)42-29(38(4,5)6)23-44(9)53(51,52)12-3/h11,14-17,26-32H,2,10,12-13,18-23H2,1,3-9H3,(H,40,48)(H,41,47)(H2,42,43,50)/t27-,28?,29+,30?,31-,32-/m0/s1. The van der Waals surface area contributed by atoms with Gasteiger partial charge in [-0.25, -0.2) is 17.5 Å². The number of piperidine rings is 1. The summed E-state index contributed by atoms with van der Waals surface area (Å²) in [5.41, 5.74) is 1.42. The first-order chi connectivity index (χ1) is 24.8. The number of amides is 5. The molecule has 3 aliphatic rings. The first kappa shape index (κ1) is 42.0. The van der Waals surface area contributed by atoms with E-state index in [-0.39, 0.29) is 54.3 Å². The van der Waals surface area contributed by atoms with E-state index in [1.165, 1.54) is 17.4 Å². The van der Waals surface area contributed by atoms with Crippen LogP contribution < -0.4 is 21.3 Å². The third-order valence-electron chi connectivity index (χ3n) is 11.6. The van der Waals surface area contributed by atoms with Crippen molar-refractivity contribution in [1.82, 2.24) is 30.5 Å². The van der Waals surface area contributed by atoms with Gasteiger partial charge < -0.3 is 26.2 Å². The summed E-state index contributed by atoms with van der Waals surface area (Å²) in [5, 5.41) is 11.3. The van der Waals surface area contributed by atoms with E-state index in [4.69, 9.17) is 0 Å². The number of nitrogens with one attached hydrogen (secondary N) is 4. The summed E-state index contributed by atoms with van der Waals surface area (Å²) in [4.78, 5) is 70.4. The zero-order valence-corrected chi connectivity index (χ0v) is 33.5. The number of nitrogens with zero attached hydrogens (tertiary/aromatic N) is 2. The average molecular weight is 757 g/mol. The molecule has 2 unspecified atom stereocenters. The maximum absolute atomic E-state index is 14.8. The van der Waals surface area contributed by atoms with Gasteiger partial charge in [-0.3, -0.25) is 19.2 Å². The number of Topliss-reactive ketones (excluding diaryl/α,β-unsaturated/α-hetero) is 1. The van der Waals surface area contributed by atoms with Gasteiger partial charge in [0, 0.05) is 32.7 Å².